The second kappa shape index (κ2) is 7.21. The van der Waals surface area contributed by atoms with Crippen LogP contribution in [0.4, 0.5) is 16.4 Å². The molecule has 3 rings (SSSR count). The van der Waals surface area contributed by atoms with Crippen molar-refractivity contribution < 1.29 is 9.59 Å². The van der Waals surface area contributed by atoms with E-state index in [4.69, 9.17) is 0 Å². The van der Waals surface area contributed by atoms with Gasteiger partial charge in [-0.2, -0.15) is 9.90 Å². The highest BCUT2D eigenvalue weighted by Crippen LogP contribution is 2.12. The Bertz CT molecular complexity index is 855. The molecule has 0 fully saturated rings. The fourth-order valence-corrected chi connectivity index (χ4v) is 1.96. The molecule has 0 aliphatic carbocycles. The molecule has 128 valence electrons. The van der Waals surface area contributed by atoms with Crippen molar-refractivity contribution in [1.82, 2.24) is 35.3 Å². The highest BCUT2D eigenvalue weighted by molar-refractivity contribution is 5.96. The van der Waals surface area contributed by atoms with Crippen molar-refractivity contribution in [3.05, 3.63) is 42.7 Å². The van der Waals surface area contributed by atoms with Gasteiger partial charge < -0.3 is 10.6 Å². The Kier molecular flexibility index (Phi) is 4.65. The lowest BCUT2D eigenvalue weighted by Gasteiger charge is -2.08. The fraction of sp³-hybridized carbons (Fsp3) is 0.143. The van der Waals surface area contributed by atoms with Gasteiger partial charge in [0, 0.05) is 18.1 Å². The molecule has 11 heteroatoms. The van der Waals surface area contributed by atoms with Crippen molar-refractivity contribution in [3.63, 3.8) is 0 Å². The van der Waals surface area contributed by atoms with E-state index in [1.165, 1.54) is 4.80 Å². The molecule has 2 heterocycles. The van der Waals surface area contributed by atoms with Gasteiger partial charge in [-0.05, 0) is 35.5 Å². The molecule has 0 aliphatic heterocycles. The molecule has 0 saturated carbocycles. The zero-order chi connectivity index (χ0) is 17.6. The summed E-state index contributed by atoms with van der Waals surface area (Å²) in [5.74, 6) is -0.316. The third-order valence-corrected chi connectivity index (χ3v) is 3.06. The average Bonchev–Trinajstić information content (AvgIpc) is 3.26. The number of nitrogens with zero attached hydrogens (tertiary/aromatic N) is 6. The maximum absolute atomic E-state index is 11.9. The van der Waals surface area contributed by atoms with Crippen LogP contribution >= 0.6 is 0 Å². The summed E-state index contributed by atoms with van der Waals surface area (Å²) in [6.07, 6.45) is 3.51. The molecule has 0 unspecified atom stereocenters. The first kappa shape index (κ1) is 16.1. The molecule has 0 spiro atoms. The van der Waals surface area contributed by atoms with Crippen molar-refractivity contribution >= 4 is 23.6 Å². The Morgan fingerprint density at radius 3 is 2.60 bits per heavy atom. The number of carbonyl (C=O) groups is 2. The lowest BCUT2D eigenvalue weighted by Crippen LogP contribution is -2.36. The lowest BCUT2D eigenvalue weighted by atomic mass is 10.3. The maximum Gasteiger partial charge on any atom is 0.322 e. The Morgan fingerprint density at radius 1 is 1.16 bits per heavy atom. The maximum atomic E-state index is 11.9. The second-order valence-electron chi connectivity index (χ2n) is 4.96. The Morgan fingerprint density at radius 2 is 1.96 bits per heavy atom. The number of hydrogen-bond donors (Lipinski definition) is 3. The first-order chi connectivity index (χ1) is 12.1. The molecule has 0 atom stereocenters. The predicted molar refractivity (Wildman–Crippen MR) is 88.0 cm³/mol. The zero-order valence-corrected chi connectivity index (χ0v) is 13.2. The summed E-state index contributed by atoms with van der Waals surface area (Å²) >= 11 is 0. The van der Waals surface area contributed by atoms with Crippen LogP contribution in [0.2, 0.25) is 0 Å². The SMILES string of the molecule is Cn1nnc(NC(=O)NCC(=O)Nc2ccc(-n3cccn3)cc2)n1. The van der Waals surface area contributed by atoms with E-state index in [1.54, 1.807) is 30.1 Å². The zero-order valence-electron chi connectivity index (χ0n) is 13.2. The number of carbonyl (C=O) groups excluding carboxylic acids is 2. The van der Waals surface area contributed by atoms with Crippen molar-refractivity contribution in [2.75, 3.05) is 17.2 Å². The van der Waals surface area contributed by atoms with Crippen molar-refractivity contribution in [2.24, 2.45) is 7.05 Å². The minimum absolute atomic E-state index is 0.0506. The summed E-state index contributed by atoms with van der Waals surface area (Å²) in [7, 11) is 1.57. The first-order valence-corrected chi connectivity index (χ1v) is 7.29. The molecular weight excluding hydrogens is 326 g/mol. The number of anilines is 2. The molecule has 3 N–H and O–H groups in total. The van der Waals surface area contributed by atoms with Crippen LogP contribution in [-0.4, -0.2) is 48.5 Å². The summed E-state index contributed by atoms with van der Waals surface area (Å²) in [6.45, 7) is -0.201. The summed E-state index contributed by atoms with van der Waals surface area (Å²) in [6, 6.07) is 8.36. The monoisotopic (exact) mass is 341 g/mol. The van der Waals surface area contributed by atoms with Gasteiger partial charge in [-0.25, -0.2) is 9.48 Å². The van der Waals surface area contributed by atoms with Crippen LogP contribution in [0.25, 0.3) is 5.69 Å². The first-order valence-electron chi connectivity index (χ1n) is 7.29. The number of amides is 3. The molecule has 11 nitrogen and oxygen atoms in total. The van der Waals surface area contributed by atoms with E-state index in [9.17, 15) is 9.59 Å². The van der Waals surface area contributed by atoms with Crippen molar-refractivity contribution in [1.29, 1.82) is 0 Å². The Labute approximate surface area is 142 Å². The van der Waals surface area contributed by atoms with Gasteiger partial charge in [0.05, 0.1) is 19.3 Å². The van der Waals surface area contributed by atoms with Crippen LogP contribution in [-0.2, 0) is 11.8 Å². The van der Waals surface area contributed by atoms with Gasteiger partial charge in [0.1, 0.15) is 0 Å². The Hall–Kier alpha value is -3.76. The minimum atomic E-state index is -0.600. The van der Waals surface area contributed by atoms with Gasteiger partial charge in [-0.1, -0.05) is 5.10 Å². The molecule has 0 bridgehead atoms. The van der Waals surface area contributed by atoms with E-state index in [0.717, 1.165) is 5.69 Å². The number of hydrogen-bond acceptors (Lipinski definition) is 6. The number of tetrazole rings is 1. The van der Waals surface area contributed by atoms with Gasteiger partial charge >= 0.3 is 6.03 Å². The smallest absolute Gasteiger partial charge is 0.322 e. The van der Waals surface area contributed by atoms with E-state index >= 15 is 0 Å². The molecule has 3 aromatic rings. The molecular formula is C14H15N9O2. The fourth-order valence-electron chi connectivity index (χ4n) is 1.96. The average molecular weight is 341 g/mol. The third-order valence-electron chi connectivity index (χ3n) is 3.06. The summed E-state index contributed by atoms with van der Waals surface area (Å²) in [5, 5.41) is 22.5. The molecule has 2 aromatic heterocycles. The number of aryl methyl sites for hydroxylation is 1. The van der Waals surface area contributed by atoms with Crippen LogP contribution in [0.15, 0.2) is 42.7 Å². The van der Waals surface area contributed by atoms with Crippen LogP contribution in [0, 0.1) is 0 Å². The van der Waals surface area contributed by atoms with Gasteiger partial charge in [0.2, 0.25) is 5.91 Å². The minimum Gasteiger partial charge on any atom is -0.329 e. The van der Waals surface area contributed by atoms with E-state index in [2.05, 4.69) is 36.5 Å². The quantitative estimate of drug-likeness (QED) is 0.605. The normalized spacial score (nSPS) is 10.3. The largest absolute Gasteiger partial charge is 0.329 e. The number of rotatable bonds is 5. The van der Waals surface area contributed by atoms with E-state index < -0.39 is 6.03 Å². The lowest BCUT2D eigenvalue weighted by molar-refractivity contribution is -0.115. The number of nitrogens with one attached hydrogen (secondary N) is 3. The van der Waals surface area contributed by atoms with E-state index in [1.807, 2.05) is 24.4 Å². The number of benzene rings is 1. The van der Waals surface area contributed by atoms with Crippen molar-refractivity contribution in [3.8, 4) is 5.69 Å². The molecule has 3 amide bonds. The number of aromatic nitrogens is 6. The van der Waals surface area contributed by atoms with Crippen LogP contribution in [0.5, 0.6) is 0 Å². The van der Waals surface area contributed by atoms with E-state index in [-0.39, 0.29) is 18.4 Å². The third kappa shape index (κ3) is 4.37. The van der Waals surface area contributed by atoms with Crippen LogP contribution < -0.4 is 16.0 Å². The topological polar surface area (TPSA) is 132 Å². The second-order valence-corrected chi connectivity index (χ2v) is 4.96. The molecule has 0 radical (unpaired) electrons. The molecule has 0 saturated heterocycles. The summed E-state index contributed by atoms with van der Waals surface area (Å²) in [5.41, 5.74) is 1.48. The van der Waals surface area contributed by atoms with Gasteiger partial charge in [0.15, 0.2) is 0 Å². The highest BCUT2D eigenvalue weighted by atomic mass is 16.2. The van der Waals surface area contributed by atoms with Crippen molar-refractivity contribution in [2.45, 2.75) is 0 Å². The van der Waals surface area contributed by atoms with E-state index in [0.29, 0.717) is 5.69 Å². The highest BCUT2D eigenvalue weighted by Gasteiger charge is 2.08. The molecule has 25 heavy (non-hydrogen) atoms. The summed E-state index contributed by atoms with van der Waals surface area (Å²) in [4.78, 5) is 24.7. The van der Waals surface area contributed by atoms with Gasteiger partial charge in [0.25, 0.3) is 5.95 Å². The van der Waals surface area contributed by atoms with Gasteiger partial charge in [-0.3, -0.25) is 10.1 Å². The number of urea groups is 1. The standard InChI is InChI=1S/C14H15N9O2/c1-22-20-13(19-21-22)18-14(25)15-9-12(24)17-10-3-5-11(6-4-10)23-8-2-7-16-23/h2-8H,9H2,1H3,(H,17,24)(H2,15,18,20,25). The molecule has 1 aromatic carbocycles. The van der Waals surface area contributed by atoms with Crippen LogP contribution in [0.3, 0.4) is 0 Å². The predicted octanol–water partition coefficient (Wildman–Crippen LogP) is 0.156. The van der Waals surface area contributed by atoms with Crippen LogP contribution in [0.1, 0.15) is 0 Å². The molecule has 0 aliphatic rings. The summed E-state index contributed by atoms with van der Waals surface area (Å²) < 4.78 is 1.71. The van der Waals surface area contributed by atoms with Gasteiger partial charge in [-0.15, -0.1) is 5.10 Å². The Balaban J connectivity index is 1.46.